The van der Waals surface area contributed by atoms with Crippen LogP contribution >= 0.6 is 0 Å². The number of hydrogen-bond acceptors (Lipinski definition) is 4. The van der Waals surface area contributed by atoms with Gasteiger partial charge in [-0.3, -0.25) is 4.79 Å². The highest BCUT2D eigenvalue weighted by Gasteiger charge is 2.29. The molecule has 0 bridgehead atoms. The Bertz CT molecular complexity index is 323. The van der Waals surface area contributed by atoms with Crippen molar-refractivity contribution in [1.82, 2.24) is 9.80 Å². The maximum Gasteiger partial charge on any atom is 0.319 e. The zero-order valence-electron chi connectivity index (χ0n) is 11.4. The summed E-state index contributed by atoms with van der Waals surface area (Å²) in [5, 5.41) is 17.7. The van der Waals surface area contributed by atoms with Crippen molar-refractivity contribution < 1.29 is 24.5 Å². The van der Waals surface area contributed by atoms with E-state index < -0.39 is 5.97 Å². The third-order valence-corrected chi connectivity index (χ3v) is 3.01. The molecule has 2 unspecified atom stereocenters. The third kappa shape index (κ3) is 5.04. The number of aliphatic carboxylic acids is 1. The summed E-state index contributed by atoms with van der Waals surface area (Å²) in [5.74, 6) is -0.860. The molecule has 0 aliphatic carbocycles. The van der Waals surface area contributed by atoms with Gasteiger partial charge in [0.1, 0.15) is 0 Å². The average Bonchev–Trinajstić information content (AvgIpc) is 2.36. The summed E-state index contributed by atoms with van der Waals surface area (Å²) in [6, 6.07) is -0.154. The second-order valence-electron chi connectivity index (χ2n) is 4.86. The molecule has 110 valence electrons. The fourth-order valence-corrected chi connectivity index (χ4v) is 2.11. The zero-order chi connectivity index (χ0) is 14.4. The second kappa shape index (κ2) is 7.30. The number of rotatable bonds is 5. The lowest BCUT2D eigenvalue weighted by Crippen LogP contribution is -2.53. The van der Waals surface area contributed by atoms with Crippen molar-refractivity contribution in [3.63, 3.8) is 0 Å². The van der Waals surface area contributed by atoms with Gasteiger partial charge in [0.05, 0.1) is 25.4 Å². The molecule has 2 atom stereocenters. The summed E-state index contributed by atoms with van der Waals surface area (Å²) in [4.78, 5) is 25.7. The van der Waals surface area contributed by atoms with Crippen LogP contribution in [0.4, 0.5) is 4.79 Å². The SMILES string of the molecule is CC1CN(C(=O)N(C)CCCC(=O)O)CC(CO)O1. The molecule has 0 radical (unpaired) electrons. The van der Waals surface area contributed by atoms with Crippen molar-refractivity contribution in [2.75, 3.05) is 33.3 Å². The van der Waals surface area contributed by atoms with E-state index in [4.69, 9.17) is 14.9 Å². The van der Waals surface area contributed by atoms with Crippen LogP contribution in [0.5, 0.6) is 0 Å². The summed E-state index contributed by atoms with van der Waals surface area (Å²) < 4.78 is 5.47. The van der Waals surface area contributed by atoms with E-state index in [0.29, 0.717) is 26.1 Å². The highest BCUT2D eigenvalue weighted by atomic mass is 16.5. The molecule has 1 aliphatic rings. The van der Waals surface area contributed by atoms with Crippen LogP contribution in [0.25, 0.3) is 0 Å². The summed E-state index contributed by atoms with van der Waals surface area (Å²) in [6.45, 7) is 2.99. The number of ether oxygens (including phenoxy) is 1. The summed E-state index contributed by atoms with van der Waals surface area (Å²) >= 11 is 0. The second-order valence-corrected chi connectivity index (χ2v) is 4.86. The van der Waals surface area contributed by atoms with Crippen molar-refractivity contribution in [2.45, 2.75) is 32.0 Å². The van der Waals surface area contributed by atoms with Gasteiger partial charge >= 0.3 is 12.0 Å². The molecule has 7 nitrogen and oxygen atoms in total. The molecule has 1 rings (SSSR count). The number of morpholine rings is 1. The van der Waals surface area contributed by atoms with Crippen molar-refractivity contribution in [3.05, 3.63) is 0 Å². The van der Waals surface area contributed by atoms with E-state index in [1.165, 1.54) is 4.90 Å². The van der Waals surface area contributed by atoms with Crippen molar-refractivity contribution in [2.24, 2.45) is 0 Å². The molecule has 0 aromatic heterocycles. The Morgan fingerprint density at radius 3 is 2.68 bits per heavy atom. The first-order valence-electron chi connectivity index (χ1n) is 6.42. The largest absolute Gasteiger partial charge is 0.481 e. The topological polar surface area (TPSA) is 90.3 Å². The number of amides is 2. The predicted octanol–water partition coefficient (Wildman–Crippen LogP) is -0.0154. The number of hydrogen-bond donors (Lipinski definition) is 2. The zero-order valence-corrected chi connectivity index (χ0v) is 11.4. The van der Waals surface area contributed by atoms with E-state index in [1.54, 1.807) is 11.9 Å². The van der Waals surface area contributed by atoms with E-state index in [0.717, 1.165) is 0 Å². The molecule has 0 spiro atoms. The number of carboxylic acids is 1. The highest BCUT2D eigenvalue weighted by Crippen LogP contribution is 2.12. The van der Waals surface area contributed by atoms with Gasteiger partial charge in [0.15, 0.2) is 0 Å². The minimum absolute atomic E-state index is 0.0520. The molecule has 1 heterocycles. The fraction of sp³-hybridized carbons (Fsp3) is 0.833. The lowest BCUT2D eigenvalue weighted by atomic mass is 10.2. The summed E-state index contributed by atoms with van der Waals surface area (Å²) in [6.07, 6.45) is 0.0273. The van der Waals surface area contributed by atoms with E-state index in [-0.39, 0.29) is 31.3 Å². The first-order chi connectivity index (χ1) is 8.93. The van der Waals surface area contributed by atoms with Crippen LogP contribution in [0.1, 0.15) is 19.8 Å². The molecule has 1 fully saturated rings. The number of aliphatic hydroxyl groups is 1. The number of carbonyl (C=O) groups excluding carboxylic acids is 1. The third-order valence-electron chi connectivity index (χ3n) is 3.01. The van der Waals surface area contributed by atoms with E-state index in [9.17, 15) is 9.59 Å². The van der Waals surface area contributed by atoms with Gasteiger partial charge in [0.25, 0.3) is 0 Å². The standard InChI is InChI=1S/C12H22N2O5/c1-9-6-14(7-10(8-15)19-9)12(18)13(2)5-3-4-11(16)17/h9-10,15H,3-8H2,1-2H3,(H,16,17). The molecule has 0 saturated carbocycles. The first kappa shape index (κ1) is 15.7. The molecule has 1 saturated heterocycles. The molecule has 0 aromatic rings. The van der Waals surface area contributed by atoms with E-state index in [2.05, 4.69) is 0 Å². The molecule has 2 amide bonds. The minimum Gasteiger partial charge on any atom is -0.481 e. The lowest BCUT2D eigenvalue weighted by molar-refractivity contribution is -0.137. The van der Waals surface area contributed by atoms with Gasteiger partial charge in [-0.05, 0) is 13.3 Å². The van der Waals surface area contributed by atoms with Gasteiger partial charge < -0.3 is 24.7 Å². The molecular formula is C12H22N2O5. The van der Waals surface area contributed by atoms with E-state index >= 15 is 0 Å². The number of urea groups is 1. The van der Waals surface area contributed by atoms with Gasteiger partial charge in [-0.1, -0.05) is 0 Å². The minimum atomic E-state index is -0.860. The van der Waals surface area contributed by atoms with Gasteiger partial charge in [-0.25, -0.2) is 4.79 Å². The molecule has 1 aliphatic heterocycles. The first-order valence-corrected chi connectivity index (χ1v) is 6.42. The molecular weight excluding hydrogens is 252 g/mol. The maximum absolute atomic E-state index is 12.1. The van der Waals surface area contributed by atoms with Gasteiger partial charge in [0.2, 0.25) is 0 Å². The summed E-state index contributed by atoms with van der Waals surface area (Å²) in [7, 11) is 1.65. The lowest BCUT2D eigenvalue weighted by Gasteiger charge is -2.37. The number of carbonyl (C=O) groups is 2. The van der Waals surface area contributed by atoms with Crippen LogP contribution in [-0.4, -0.2) is 77.5 Å². The van der Waals surface area contributed by atoms with Crippen LogP contribution in [0.15, 0.2) is 0 Å². The molecule has 0 aromatic carbocycles. The van der Waals surface area contributed by atoms with Crippen LogP contribution in [0.3, 0.4) is 0 Å². The number of nitrogens with zero attached hydrogens (tertiary/aromatic N) is 2. The normalized spacial score (nSPS) is 23.2. The fourth-order valence-electron chi connectivity index (χ4n) is 2.11. The monoisotopic (exact) mass is 274 g/mol. The number of carboxylic acid groups (broad SMARTS) is 1. The van der Waals surface area contributed by atoms with Crippen LogP contribution < -0.4 is 0 Å². The number of aliphatic hydroxyl groups excluding tert-OH is 1. The maximum atomic E-state index is 12.1. The quantitative estimate of drug-likeness (QED) is 0.735. The smallest absolute Gasteiger partial charge is 0.319 e. The Labute approximate surface area is 112 Å². The Morgan fingerprint density at radius 2 is 2.11 bits per heavy atom. The van der Waals surface area contributed by atoms with Crippen molar-refractivity contribution in [3.8, 4) is 0 Å². The van der Waals surface area contributed by atoms with E-state index in [1.807, 2.05) is 6.92 Å². The van der Waals surface area contributed by atoms with Crippen LogP contribution in [0, 0.1) is 0 Å². The van der Waals surface area contributed by atoms with Crippen LogP contribution in [-0.2, 0) is 9.53 Å². The van der Waals surface area contributed by atoms with Gasteiger partial charge in [-0.15, -0.1) is 0 Å². The Kier molecular flexibility index (Phi) is 6.04. The molecule has 7 heteroatoms. The molecule has 19 heavy (non-hydrogen) atoms. The average molecular weight is 274 g/mol. The summed E-state index contributed by atoms with van der Waals surface area (Å²) in [5.41, 5.74) is 0. The molecule has 2 N–H and O–H groups in total. The Hall–Kier alpha value is -1.34. The van der Waals surface area contributed by atoms with Crippen LogP contribution in [0.2, 0.25) is 0 Å². The Morgan fingerprint density at radius 1 is 1.42 bits per heavy atom. The predicted molar refractivity (Wildman–Crippen MR) is 67.9 cm³/mol. The van der Waals surface area contributed by atoms with Crippen molar-refractivity contribution >= 4 is 12.0 Å². The van der Waals surface area contributed by atoms with Gasteiger partial charge in [-0.2, -0.15) is 0 Å². The Balaban J connectivity index is 2.44. The highest BCUT2D eigenvalue weighted by molar-refractivity contribution is 5.74. The van der Waals surface area contributed by atoms with Gasteiger partial charge in [0, 0.05) is 26.6 Å². The van der Waals surface area contributed by atoms with Crippen molar-refractivity contribution in [1.29, 1.82) is 0 Å².